The zero-order valence-corrected chi connectivity index (χ0v) is 51.6. The third-order valence-electron chi connectivity index (χ3n) is 14.9. The molecule has 1 aliphatic carbocycles. The fourth-order valence-corrected chi connectivity index (χ4v) is 12.3. The maximum Gasteiger partial charge on any atom is 0.338 e. The number of carbonyl (C=O) groups excluding carboxylic acids is 4. The van der Waals surface area contributed by atoms with Gasteiger partial charge in [-0.2, -0.15) is 4.98 Å². The highest BCUT2D eigenvalue weighted by molar-refractivity contribution is 7.44. The molecule has 2 aliphatic rings. The van der Waals surface area contributed by atoms with Gasteiger partial charge >= 0.3 is 17.9 Å². The molecule has 3 aromatic carbocycles. The van der Waals surface area contributed by atoms with Crippen molar-refractivity contribution in [2.24, 2.45) is 16.8 Å². The number of aliphatic imine (C=N–C) groups is 1. The van der Waals surface area contributed by atoms with Gasteiger partial charge in [0, 0.05) is 64.2 Å². The molecular weight excluding hydrogens is 1120 g/mol. The number of imidazole rings is 1. The molecule has 1 aliphatic heterocycles. The van der Waals surface area contributed by atoms with Gasteiger partial charge in [-0.1, -0.05) is 81.3 Å². The van der Waals surface area contributed by atoms with Crippen LogP contribution in [0.15, 0.2) is 107 Å². The molecule has 0 bridgehead atoms. The number of esters is 3. The highest BCUT2D eigenvalue weighted by Gasteiger charge is 2.51. The van der Waals surface area contributed by atoms with Crippen LogP contribution >= 0.6 is 8.53 Å². The molecule has 23 heteroatoms. The van der Waals surface area contributed by atoms with Crippen LogP contribution in [-0.4, -0.2) is 162 Å². The number of nitrogens with zero attached hydrogens (tertiary/aromatic N) is 7. The van der Waals surface area contributed by atoms with Crippen molar-refractivity contribution in [3.63, 3.8) is 0 Å². The molecule has 1 amide bonds. The van der Waals surface area contributed by atoms with E-state index in [2.05, 4.69) is 62.5 Å². The first kappa shape index (κ1) is 66.6. The molecule has 7 rings (SSSR count). The fourth-order valence-electron chi connectivity index (χ4n) is 10.5. The smallest absolute Gasteiger partial charge is 0.338 e. The monoisotopic (exact) mass is 1210 g/mol. The zero-order chi connectivity index (χ0) is 61.5. The Balaban J connectivity index is 0.919. The lowest BCUT2D eigenvalue weighted by molar-refractivity contribution is -0.150. The van der Waals surface area contributed by atoms with Gasteiger partial charge in [-0.3, -0.25) is 19.1 Å². The van der Waals surface area contributed by atoms with Gasteiger partial charge in [0.05, 0.1) is 48.2 Å². The van der Waals surface area contributed by atoms with E-state index in [-0.39, 0.29) is 54.9 Å². The largest absolute Gasteiger partial charge is 0.462 e. The number of ether oxygens (including phenoxy) is 6. The molecular formula is C63H84N9O13P. The first-order valence-electron chi connectivity index (χ1n) is 29.9. The molecule has 2 fully saturated rings. The lowest BCUT2D eigenvalue weighted by Crippen LogP contribution is -2.54. The van der Waals surface area contributed by atoms with Crippen LogP contribution in [0.2, 0.25) is 0 Å². The van der Waals surface area contributed by atoms with Gasteiger partial charge in [0.1, 0.15) is 31.0 Å². The van der Waals surface area contributed by atoms with Crippen LogP contribution in [0.25, 0.3) is 16.0 Å². The van der Waals surface area contributed by atoms with Gasteiger partial charge in [0.25, 0.3) is 14.1 Å². The molecule has 0 spiro atoms. The summed E-state index contributed by atoms with van der Waals surface area (Å²) < 4.78 is 55.5. The second-order valence-electron chi connectivity index (χ2n) is 22.2. The summed E-state index contributed by atoms with van der Waals surface area (Å²) in [5, 5.41) is 3.06. The minimum absolute atomic E-state index is 0.0638. The Morgan fingerprint density at radius 2 is 1.42 bits per heavy atom. The number of rotatable bonds is 33. The number of aromatic amines is 1. The minimum Gasteiger partial charge on any atom is -0.462 e. The van der Waals surface area contributed by atoms with Crippen molar-refractivity contribution >= 4 is 55.8 Å². The summed E-state index contributed by atoms with van der Waals surface area (Å²) >= 11 is 0. The highest BCUT2D eigenvalue weighted by Crippen LogP contribution is 2.51. The molecule has 2 aromatic heterocycles. The molecule has 22 nitrogen and oxygen atoms in total. The third kappa shape index (κ3) is 18.8. The van der Waals surface area contributed by atoms with E-state index in [1.165, 1.54) is 6.33 Å². The van der Waals surface area contributed by atoms with Crippen molar-refractivity contribution in [3.8, 4) is 0 Å². The van der Waals surface area contributed by atoms with Gasteiger partial charge in [0.2, 0.25) is 18.4 Å². The van der Waals surface area contributed by atoms with Crippen LogP contribution in [0.3, 0.4) is 0 Å². The van der Waals surface area contributed by atoms with Crippen molar-refractivity contribution < 1.29 is 56.6 Å². The van der Waals surface area contributed by atoms with E-state index >= 15 is 0 Å². The van der Waals surface area contributed by atoms with E-state index in [1.807, 2.05) is 27.9 Å². The topological polar surface area (TPSA) is 241 Å². The fraction of sp³-hybridized carbons (Fsp3) is 0.540. The summed E-state index contributed by atoms with van der Waals surface area (Å²) in [5.41, 5.74) is 0.993. The van der Waals surface area contributed by atoms with Gasteiger partial charge in [-0.05, 0) is 103 Å². The summed E-state index contributed by atoms with van der Waals surface area (Å²) in [6.07, 6.45) is 3.69. The van der Waals surface area contributed by atoms with Crippen LogP contribution in [0.4, 0.5) is 5.95 Å². The predicted molar refractivity (Wildman–Crippen MR) is 326 cm³/mol. The SMILES string of the molecule is [C-]#[N+]CCOP(OC1[C@@H](CC)O[C@@H](n2cnc3c(=O)[nH]c(N=CN(C)C)nc32)[C@H]1OCCCCCCNC(=O)CCCCO[C@@H]1C[C@H](COC(=O)c2ccccc2)[C@H](OC(=O)c2ccccc2)[C@H](OC(=O)c2ccccc2)[C@H]1C)N(C(C)C)C(C)C. The molecule has 1 saturated heterocycles. The summed E-state index contributed by atoms with van der Waals surface area (Å²) in [6, 6.07) is 25.8. The van der Waals surface area contributed by atoms with Crippen LogP contribution in [-0.2, 0) is 42.3 Å². The number of H-pyrrole nitrogens is 1. The molecule has 464 valence electrons. The lowest BCUT2D eigenvalue weighted by Gasteiger charge is -2.44. The minimum atomic E-state index is -1.66. The summed E-state index contributed by atoms with van der Waals surface area (Å²) in [7, 11) is 1.97. The van der Waals surface area contributed by atoms with Crippen molar-refractivity contribution in [1.82, 2.24) is 34.4 Å². The third-order valence-corrected chi connectivity index (χ3v) is 17.0. The van der Waals surface area contributed by atoms with Gasteiger partial charge < -0.3 is 52.5 Å². The first-order chi connectivity index (χ1) is 41.6. The summed E-state index contributed by atoms with van der Waals surface area (Å²) in [5.74, 6) is -2.73. The Morgan fingerprint density at radius 3 is 2.03 bits per heavy atom. The standard InChI is InChI=1S/C63H84N9O13P/c1-10-49-55(85-86(81-37-34-64-7)72(42(2)3)43(4)5)56(59(82-49)71-41-66-52-57(71)68-63(69-58(52)74)67-40-70(8)9)79-36-24-12-11-23-33-65-51(73)32-22-25-35-78-50-38-48(39-80-60(75)45-26-16-13-17-27-45)54(84-62(77)47-30-20-15-21-31-47)53(44(50)6)83-61(76)46-28-18-14-19-29-46/h13-21,26-31,40-44,48-50,53-56,59H,10-12,22-25,32-39H2,1-6,8-9H3,(H,65,73)(H,68,69,74)/t44-,48+,49+,50+,53+,54-,55?,56-,59+,86?/m0/s1. The van der Waals surface area contributed by atoms with Gasteiger partial charge in [-0.15, -0.1) is 0 Å². The van der Waals surface area contributed by atoms with E-state index in [1.54, 1.807) is 107 Å². The van der Waals surface area contributed by atoms with Crippen LogP contribution < -0.4 is 10.9 Å². The number of unbranched alkanes of at least 4 members (excludes halogenated alkanes) is 4. The highest BCUT2D eigenvalue weighted by atomic mass is 31.2. The number of aromatic nitrogens is 4. The number of hydrogen-bond acceptors (Lipinski definition) is 17. The molecule has 86 heavy (non-hydrogen) atoms. The number of carbonyl (C=O) groups is 4. The maximum atomic E-state index is 13.7. The Hall–Kier alpha value is -6.96. The molecule has 2 N–H and O–H groups in total. The first-order valence-corrected chi connectivity index (χ1v) is 31.0. The van der Waals surface area contributed by atoms with Crippen molar-refractivity contribution in [2.75, 3.05) is 53.6 Å². The van der Waals surface area contributed by atoms with E-state index in [4.69, 9.17) is 44.0 Å². The average Bonchev–Trinajstić information content (AvgIpc) is 3.10. The zero-order valence-electron chi connectivity index (χ0n) is 50.7. The summed E-state index contributed by atoms with van der Waals surface area (Å²) in [4.78, 5) is 88.2. The number of amides is 1. The Kier molecular flexibility index (Phi) is 26.2. The predicted octanol–water partition coefficient (Wildman–Crippen LogP) is 9.90. The molecule has 5 aromatic rings. The Morgan fingerprint density at radius 1 is 0.814 bits per heavy atom. The molecule has 2 unspecified atom stereocenters. The second-order valence-corrected chi connectivity index (χ2v) is 23.6. The van der Waals surface area contributed by atoms with Crippen molar-refractivity contribution in [2.45, 2.75) is 154 Å². The van der Waals surface area contributed by atoms with Crippen molar-refractivity contribution in [3.05, 3.63) is 136 Å². The lowest BCUT2D eigenvalue weighted by atomic mass is 9.76. The summed E-state index contributed by atoms with van der Waals surface area (Å²) in [6.45, 7) is 21.1. The number of hydrogen-bond donors (Lipinski definition) is 2. The van der Waals surface area contributed by atoms with Gasteiger partial charge in [-0.25, -0.2) is 35.6 Å². The Labute approximate surface area is 505 Å². The average molecular weight is 1210 g/mol. The molecule has 1 saturated carbocycles. The number of nitrogens with one attached hydrogen (secondary N) is 2. The van der Waals surface area contributed by atoms with E-state index in [9.17, 15) is 24.0 Å². The van der Waals surface area contributed by atoms with Crippen molar-refractivity contribution in [1.29, 1.82) is 0 Å². The van der Waals surface area contributed by atoms with Crippen LogP contribution in [0.1, 0.15) is 137 Å². The quantitative estimate of drug-likeness (QED) is 0.00755. The number of fused-ring (bicyclic) bond motifs is 1. The molecule has 10 atom stereocenters. The van der Waals surface area contributed by atoms with E-state index in [0.29, 0.717) is 75.0 Å². The molecule has 3 heterocycles. The Bertz CT molecular complexity index is 3040. The number of benzene rings is 3. The second kappa shape index (κ2) is 33.8. The maximum absolute atomic E-state index is 13.7. The molecule has 0 radical (unpaired) electrons. The van der Waals surface area contributed by atoms with E-state index < -0.39 is 86.7 Å². The normalized spacial score (nSPS) is 21.6. The van der Waals surface area contributed by atoms with Crippen LogP contribution in [0.5, 0.6) is 0 Å². The van der Waals surface area contributed by atoms with E-state index in [0.717, 1.165) is 19.3 Å². The van der Waals surface area contributed by atoms with Crippen LogP contribution in [0, 0.1) is 18.4 Å². The van der Waals surface area contributed by atoms with Gasteiger partial charge in [0.15, 0.2) is 17.4 Å².